The molecule has 0 spiro atoms. The lowest BCUT2D eigenvalue weighted by molar-refractivity contribution is -0.143. The Morgan fingerprint density at radius 2 is 2.33 bits per heavy atom. The molecule has 5 nitrogen and oxygen atoms in total. The second kappa shape index (κ2) is 7.14. The van der Waals surface area contributed by atoms with E-state index in [9.17, 15) is 10.1 Å². The molecule has 24 heavy (non-hydrogen) atoms. The standard InChI is InChI=1S/C19H19N3O2/c1-2-24-19(23)10-16(17-5-3-4-8-21-17)13-6-7-15-14(11-20)12-22-18(15)9-13/h3-9,14,16,22H,2,10,12H2,1H3. The first-order chi connectivity index (χ1) is 11.7. The predicted molar refractivity (Wildman–Crippen MR) is 90.6 cm³/mol. The van der Waals surface area contributed by atoms with Gasteiger partial charge in [-0.05, 0) is 36.2 Å². The van der Waals surface area contributed by atoms with Crippen molar-refractivity contribution >= 4 is 11.7 Å². The van der Waals surface area contributed by atoms with Gasteiger partial charge in [-0.2, -0.15) is 5.26 Å². The summed E-state index contributed by atoms with van der Waals surface area (Å²) in [7, 11) is 0. The van der Waals surface area contributed by atoms with E-state index < -0.39 is 0 Å². The molecule has 3 rings (SSSR count). The number of ether oxygens (including phenoxy) is 1. The summed E-state index contributed by atoms with van der Waals surface area (Å²) in [6, 6.07) is 14.0. The van der Waals surface area contributed by atoms with Crippen LogP contribution in [0.3, 0.4) is 0 Å². The first-order valence-corrected chi connectivity index (χ1v) is 8.06. The minimum absolute atomic E-state index is 0.118. The second-order valence-corrected chi connectivity index (χ2v) is 5.73. The van der Waals surface area contributed by atoms with Crippen molar-refractivity contribution in [3.8, 4) is 6.07 Å². The predicted octanol–water partition coefficient (Wildman–Crippen LogP) is 3.20. The zero-order chi connectivity index (χ0) is 16.9. The van der Waals surface area contributed by atoms with Crippen LogP contribution in [0.2, 0.25) is 0 Å². The quantitative estimate of drug-likeness (QED) is 0.856. The van der Waals surface area contributed by atoms with Crippen LogP contribution in [-0.4, -0.2) is 24.1 Å². The van der Waals surface area contributed by atoms with Crippen molar-refractivity contribution in [1.82, 2.24) is 4.98 Å². The lowest BCUT2D eigenvalue weighted by atomic mass is 9.90. The molecule has 1 aromatic carbocycles. The molecule has 0 amide bonds. The normalized spacial score (nSPS) is 16.6. The number of nitrogens with one attached hydrogen (secondary N) is 1. The fourth-order valence-corrected chi connectivity index (χ4v) is 3.05. The Bertz CT molecular complexity index is 768. The van der Waals surface area contributed by atoms with E-state index in [0.29, 0.717) is 13.2 Å². The van der Waals surface area contributed by atoms with Crippen molar-refractivity contribution in [2.45, 2.75) is 25.2 Å². The van der Waals surface area contributed by atoms with E-state index in [0.717, 1.165) is 22.5 Å². The molecular formula is C19H19N3O2. The number of hydrogen-bond donors (Lipinski definition) is 1. The Morgan fingerprint density at radius 1 is 1.46 bits per heavy atom. The molecule has 1 aromatic heterocycles. The number of aromatic nitrogens is 1. The summed E-state index contributed by atoms with van der Waals surface area (Å²) in [4.78, 5) is 16.4. The number of pyridine rings is 1. The van der Waals surface area contributed by atoms with Gasteiger partial charge in [0.05, 0.1) is 25.0 Å². The van der Waals surface area contributed by atoms with Crippen molar-refractivity contribution in [2.75, 3.05) is 18.5 Å². The average Bonchev–Trinajstić information content (AvgIpc) is 3.03. The van der Waals surface area contributed by atoms with Crippen LogP contribution in [0.15, 0.2) is 42.6 Å². The molecule has 2 heterocycles. The van der Waals surface area contributed by atoms with Gasteiger partial charge in [0.25, 0.3) is 0 Å². The molecule has 1 aliphatic rings. The van der Waals surface area contributed by atoms with E-state index in [4.69, 9.17) is 4.74 Å². The van der Waals surface area contributed by atoms with Crippen molar-refractivity contribution in [1.29, 1.82) is 5.26 Å². The SMILES string of the molecule is CCOC(=O)CC(c1ccc2c(c1)NCC2C#N)c1ccccn1. The van der Waals surface area contributed by atoms with Crippen LogP contribution in [0.1, 0.15) is 42.0 Å². The lowest BCUT2D eigenvalue weighted by Gasteiger charge is -2.17. The molecule has 1 aliphatic heterocycles. The Morgan fingerprint density at radius 3 is 3.04 bits per heavy atom. The van der Waals surface area contributed by atoms with Gasteiger partial charge in [0.15, 0.2) is 0 Å². The largest absolute Gasteiger partial charge is 0.466 e. The number of esters is 1. The molecule has 0 saturated carbocycles. The van der Waals surface area contributed by atoms with Crippen LogP contribution in [0.25, 0.3) is 0 Å². The van der Waals surface area contributed by atoms with Crippen LogP contribution in [-0.2, 0) is 9.53 Å². The molecule has 0 aliphatic carbocycles. The van der Waals surface area contributed by atoms with Crippen molar-refractivity contribution < 1.29 is 9.53 Å². The minimum atomic E-state index is -0.239. The van der Waals surface area contributed by atoms with Gasteiger partial charge in [0.2, 0.25) is 0 Å². The number of rotatable bonds is 5. The monoisotopic (exact) mass is 321 g/mol. The van der Waals surface area contributed by atoms with Crippen molar-refractivity contribution in [2.24, 2.45) is 0 Å². The van der Waals surface area contributed by atoms with Crippen LogP contribution in [0, 0.1) is 11.3 Å². The number of carbonyl (C=O) groups excluding carboxylic acids is 1. The first kappa shape index (κ1) is 16.0. The molecule has 0 radical (unpaired) electrons. The number of benzene rings is 1. The van der Waals surface area contributed by atoms with Gasteiger partial charge >= 0.3 is 5.97 Å². The second-order valence-electron chi connectivity index (χ2n) is 5.73. The molecule has 0 bridgehead atoms. The summed E-state index contributed by atoms with van der Waals surface area (Å²) in [5.41, 5.74) is 3.80. The maximum atomic E-state index is 12.0. The van der Waals surface area contributed by atoms with E-state index >= 15 is 0 Å². The molecule has 0 fully saturated rings. The van der Waals surface area contributed by atoms with Crippen LogP contribution >= 0.6 is 0 Å². The highest BCUT2D eigenvalue weighted by molar-refractivity contribution is 5.72. The van der Waals surface area contributed by atoms with E-state index in [-0.39, 0.29) is 24.2 Å². The summed E-state index contributed by atoms with van der Waals surface area (Å²) in [6.07, 6.45) is 1.97. The third-order valence-corrected chi connectivity index (χ3v) is 4.23. The van der Waals surface area contributed by atoms with E-state index in [1.807, 2.05) is 36.4 Å². The highest BCUT2D eigenvalue weighted by Gasteiger charge is 2.25. The summed E-state index contributed by atoms with van der Waals surface area (Å²) in [5, 5.41) is 12.5. The Balaban J connectivity index is 1.94. The van der Waals surface area contributed by atoms with Gasteiger partial charge in [-0.1, -0.05) is 18.2 Å². The van der Waals surface area contributed by atoms with Crippen LogP contribution < -0.4 is 5.32 Å². The lowest BCUT2D eigenvalue weighted by Crippen LogP contribution is -2.13. The first-order valence-electron chi connectivity index (χ1n) is 8.06. The number of carbonyl (C=O) groups is 1. The van der Waals surface area contributed by atoms with Crippen LogP contribution in [0.5, 0.6) is 0 Å². The smallest absolute Gasteiger partial charge is 0.306 e. The molecule has 2 aromatic rings. The number of nitrogens with zero attached hydrogens (tertiary/aromatic N) is 2. The van der Waals surface area contributed by atoms with Crippen LogP contribution in [0.4, 0.5) is 5.69 Å². The average molecular weight is 321 g/mol. The maximum Gasteiger partial charge on any atom is 0.306 e. The van der Waals surface area contributed by atoms with Gasteiger partial charge in [-0.25, -0.2) is 0 Å². The fraction of sp³-hybridized carbons (Fsp3) is 0.316. The van der Waals surface area contributed by atoms with Crippen molar-refractivity contribution in [3.05, 3.63) is 59.4 Å². The number of hydrogen-bond acceptors (Lipinski definition) is 5. The number of fused-ring (bicyclic) bond motifs is 1. The minimum Gasteiger partial charge on any atom is -0.466 e. The Labute approximate surface area is 141 Å². The van der Waals surface area contributed by atoms with Gasteiger partial charge in [0, 0.05) is 30.0 Å². The fourth-order valence-electron chi connectivity index (χ4n) is 3.05. The molecule has 1 N–H and O–H groups in total. The van der Waals surface area contributed by atoms with E-state index in [1.165, 1.54) is 0 Å². The zero-order valence-corrected chi connectivity index (χ0v) is 13.5. The summed E-state index contributed by atoms with van der Waals surface area (Å²) in [5.74, 6) is -0.526. The molecule has 2 atom stereocenters. The number of anilines is 1. The third kappa shape index (κ3) is 3.23. The molecule has 2 unspecified atom stereocenters. The molecule has 122 valence electrons. The maximum absolute atomic E-state index is 12.0. The van der Waals surface area contributed by atoms with E-state index in [1.54, 1.807) is 13.1 Å². The molecule has 5 heteroatoms. The summed E-state index contributed by atoms with van der Waals surface area (Å²) < 4.78 is 5.12. The summed E-state index contributed by atoms with van der Waals surface area (Å²) >= 11 is 0. The van der Waals surface area contributed by atoms with Gasteiger partial charge < -0.3 is 10.1 Å². The van der Waals surface area contributed by atoms with Crippen molar-refractivity contribution in [3.63, 3.8) is 0 Å². The molecular weight excluding hydrogens is 302 g/mol. The number of nitriles is 1. The Hall–Kier alpha value is -2.87. The topological polar surface area (TPSA) is 75.0 Å². The highest BCUT2D eigenvalue weighted by atomic mass is 16.5. The third-order valence-electron chi connectivity index (χ3n) is 4.23. The highest BCUT2D eigenvalue weighted by Crippen LogP contribution is 2.36. The van der Waals surface area contributed by atoms with Gasteiger partial charge in [-0.3, -0.25) is 9.78 Å². The van der Waals surface area contributed by atoms with E-state index in [2.05, 4.69) is 16.4 Å². The van der Waals surface area contributed by atoms with Gasteiger partial charge in [-0.15, -0.1) is 0 Å². The van der Waals surface area contributed by atoms with Gasteiger partial charge in [0.1, 0.15) is 0 Å². The molecule has 0 saturated heterocycles. The Kier molecular flexibility index (Phi) is 4.76. The summed E-state index contributed by atoms with van der Waals surface area (Å²) in [6.45, 7) is 2.79. The zero-order valence-electron chi connectivity index (χ0n) is 13.5.